The SMILES string of the molecule is CC1(NC(=O)N2CCC(OCCC(=O)O)CC2)CCCC1. The van der Waals surface area contributed by atoms with Crippen molar-refractivity contribution in [3.05, 3.63) is 0 Å². The van der Waals surface area contributed by atoms with Crippen LogP contribution in [-0.2, 0) is 9.53 Å². The highest BCUT2D eigenvalue weighted by Crippen LogP contribution is 2.29. The summed E-state index contributed by atoms with van der Waals surface area (Å²) in [6.45, 7) is 3.74. The number of nitrogens with zero attached hydrogens (tertiary/aromatic N) is 1. The number of piperidine rings is 1. The lowest BCUT2D eigenvalue weighted by atomic mass is 10.0. The van der Waals surface area contributed by atoms with Crippen molar-refractivity contribution in [3.8, 4) is 0 Å². The average Bonchev–Trinajstić information content (AvgIpc) is 2.85. The van der Waals surface area contributed by atoms with Crippen LogP contribution in [0.4, 0.5) is 4.79 Å². The molecule has 2 rings (SSSR count). The van der Waals surface area contributed by atoms with Crippen LogP contribution in [0.1, 0.15) is 51.9 Å². The molecule has 0 radical (unpaired) electrons. The molecule has 1 aliphatic heterocycles. The molecule has 6 nitrogen and oxygen atoms in total. The summed E-state index contributed by atoms with van der Waals surface area (Å²) < 4.78 is 5.54. The van der Waals surface area contributed by atoms with Crippen LogP contribution in [0.15, 0.2) is 0 Å². The molecule has 0 aromatic rings. The van der Waals surface area contributed by atoms with Gasteiger partial charge in [0.15, 0.2) is 0 Å². The van der Waals surface area contributed by atoms with Gasteiger partial charge in [0.05, 0.1) is 19.1 Å². The molecule has 0 bridgehead atoms. The van der Waals surface area contributed by atoms with E-state index in [0.29, 0.717) is 13.1 Å². The Kier molecular flexibility index (Phi) is 5.45. The molecule has 1 aliphatic carbocycles. The lowest BCUT2D eigenvalue weighted by Gasteiger charge is -2.35. The number of nitrogens with one attached hydrogen (secondary N) is 1. The minimum Gasteiger partial charge on any atom is -0.481 e. The van der Waals surface area contributed by atoms with Crippen LogP contribution in [0.3, 0.4) is 0 Å². The minimum absolute atomic E-state index is 0.0309. The number of carboxylic acids is 1. The van der Waals surface area contributed by atoms with Crippen molar-refractivity contribution in [1.29, 1.82) is 0 Å². The van der Waals surface area contributed by atoms with Crippen molar-refractivity contribution in [1.82, 2.24) is 10.2 Å². The molecule has 2 amide bonds. The van der Waals surface area contributed by atoms with E-state index in [-0.39, 0.29) is 30.7 Å². The van der Waals surface area contributed by atoms with Crippen LogP contribution in [0, 0.1) is 0 Å². The highest BCUT2D eigenvalue weighted by atomic mass is 16.5. The summed E-state index contributed by atoms with van der Waals surface area (Å²) in [7, 11) is 0. The van der Waals surface area contributed by atoms with Crippen molar-refractivity contribution in [2.24, 2.45) is 0 Å². The average molecular weight is 298 g/mol. The van der Waals surface area contributed by atoms with E-state index >= 15 is 0 Å². The molecule has 0 spiro atoms. The molecule has 1 saturated heterocycles. The van der Waals surface area contributed by atoms with Gasteiger partial charge in [-0.05, 0) is 32.6 Å². The van der Waals surface area contributed by atoms with Crippen LogP contribution in [0.2, 0.25) is 0 Å². The third-order valence-corrected chi connectivity index (χ3v) is 4.51. The third-order valence-electron chi connectivity index (χ3n) is 4.51. The molecule has 120 valence electrons. The molecule has 2 N–H and O–H groups in total. The van der Waals surface area contributed by atoms with Gasteiger partial charge in [-0.15, -0.1) is 0 Å². The van der Waals surface area contributed by atoms with Gasteiger partial charge in [0.1, 0.15) is 0 Å². The molecule has 1 heterocycles. The Bertz CT molecular complexity index is 372. The van der Waals surface area contributed by atoms with Gasteiger partial charge < -0.3 is 20.1 Å². The van der Waals surface area contributed by atoms with E-state index in [2.05, 4.69) is 12.2 Å². The van der Waals surface area contributed by atoms with E-state index in [1.165, 1.54) is 12.8 Å². The van der Waals surface area contributed by atoms with Gasteiger partial charge in [0, 0.05) is 18.6 Å². The van der Waals surface area contributed by atoms with E-state index in [0.717, 1.165) is 25.7 Å². The van der Waals surface area contributed by atoms with E-state index < -0.39 is 5.97 Å². The van der Waals surface area contributed by atoms with Crippen molar-refractivity contribution in [2.45, 2.75) is 63.5 Å². The van der Waals surface area contributed by atoms with Crippen molar-refractivity contribution in [2.75, 3.05) is 19.7 Å². The molecular formula is C15H26N2O4. The van der Waals surface area contributed by atoms with Gasteiger partial charge in [-0.3, -0.25) is 4.79 Å². The van der Waals surface area contributed by atoms with Crippen molar-refractivity contribution in [3.63, 3.8) is 0 Å². The maximum Gasteiger partial charge on any atom is 0.317 e. The summed E-state index contributed by atoms with van der Waals surface area (Å²) in [5, 5.41) is 11.7. The lowest BCUT2D eigenvalue weighted by Crippen LogP contribution is -2.52. The fourth-order valence-corrected chi connectivity index (χ4v) is 3.16. The number of likely N-dealkylation sites (tertiary alicyclic amines) is 1. The molecule has 0 atom stereocenters. The largest absolute Gasteiger partial charge is 0.481 e. The first-order valence-electron chi connectivity index (χ1n) is 7.89. The molecule has 2 aliphatic rings. The van der Waals surface area contributed by atoms with Crippen LogP contribution in [0.25, 0.3) is 0 Å². The molecule has 21 heavy (non-hydrogen) atoms. The zero-order valence-electron chi connectivity index (χ0n) is 12.8. The quantitative estimate of drug-likeness (QED) is 0.813. The van der Waals surface area contributed by atoms with Crippen molar-refractivity contribution < 1.29 is 19.4 Å². The number of hydrogen-bond donors (Lipinski definition) is 2. The summed E-state index contributed by atoms with van der Waals surface area (Å²) in [5.41, 5.74) is -0.0358. The minimum atomic E-state index is -0.836. The zero-order valence-corrected chi connectivity index (χ0v) is 12.8. The Hall–Kier alpha value is -1.30. The van der Waals surface area contributed by atoms with E-state index in [1.807, 2.05) is 4.90 Å². The van der Waals surface area contributed by atoms with Crippen LogP contribution < -0.4 is 5.32 Å². The number of urea groups is 1. The summed E-state index contributed by atoms with van der Waals surface area (Å²) >= 11 is 0. The first-order valence-corrected chi connectivity index (χ1v) is 7.89. The molecule has 0 aromatic carbocycles. The summed E-state index contributed by atoms with van der Waals surface area (Å²) in [5.74, 6) is -0.836. The van der Waals surface area contributed by atoms with Crippen molar-refractivity contribution >= 4 is 12.0 Å². The second-order valence-electron chi connectivity index (χ2n) is 6.40. The Balaban J connectivity index is 1.68. The zero-order chi connectivity index (χ0) is 15.3. The Morgan fingerprint density at radius 2 is 1.90 bits per heavy atom. The number of amides is 2. The standard InChI is InChI=1S/C15H26N2O4/c1-15(7-2-3-8-15)16-14(20)17-9-4-12(5-10-17)21-11-6-13(18)19/h12H,2-11H2,1H3,(H,16,20)(H,18,19). The first-order chi connectivity index (χ1) is 9.98. The molecule has 2 fully saturated rings. The van der Waals surface area contributed by atoms with Gasteiger partial charge >= 0.3 is 12.0 Å². The second-order valence-corrected chi connectivity index (χ2v) is 6.40. The number of carboxylic acid groups (broad SMARTS) is 1. The normalized spacial score (nSPS) is 22.2. The van der Waals surface area contributed by atoms with Crippen LogP contribution >= 0.6 is 0 Å². The van der Waals surface area contributed by atoms with E-state index in [4.69, 9.17) is 9.84 Å². The number of rotatable bonds is 5. The monoisotopic (exact) mass is 298 g/mol. The van der Waals surface area contributed by atoms with E-state index in [9.17, 15) is 9.59 Å². The number of aliphatic carboxylic acids is 1. The summed E-state index contributed by atoms with van der Waals surface area (Å²) in [6.07, 6.45) is 6.19. The maximum atomic E-state index is 12.3. The van der Waals surface area contributed by atoms with Gasteiger partial charge in [0.25, 0.3) is 0 Å². The topological polar surface area (TPSA) is 78.9 Å². The summed E-state index contributed by atoms with van der Waals surface area (Å²) in [6, 6.07) is 0.0309. The maximum absolute atomic E-state index is 12.3. The Morgan fingerprint density at radius 1 is 1.29 bits per heavy atom. The van der Waals surface area contributed by atoms with E-state index in [1.54, 1.807) is 0 Å². The molecular weight excluding hydrogens is 272 g/mol. The predicted octanol–water partition coefficient (Wildman–Crippen LogP) is 1.98. The Morgan fingerprint density at radius 3 is 2.48 bits per heavy atom. The van der Waals surface area contributed by atoms with Gasteiger partial charge in [-0.2, -0.15) is 0 Å². The van der Waals surface area contributed by atoms with Gasteiger partial charge in [0.2, 0.25) is 0 Å². The molecule has 0 unspecified atom stereocenters. The van der Waals surface area contributed by atoms with Crippen LogP contribution in [0.5, 0.6) is 0 Å². The Labute approximate surface area is 125 Å². The fraction of sp³-hybridized carbons (Fsp3) is 0.867. The number of ether oxygens (including phenoxy) is 1. The lowest BCUT2D eigenvalue weighted by molar-refractivity contribution is -0.138. The molecule has 6 heteroatoms. The first kappa shape index (κ1) is 16.1. The number of hydrogen-bond acceptors (Lipinski definition) is 3. The second kappa shape index (κ2) is 7.11. The van der Waals surface area contributed by atoms with Gasteiger partial charge in [-0.25, -0.2) is 4.79 Å². The number of carbonyl (C=O) groups excluding carboxylic acids is 1. The third kappa shape index (κ3) is 4.88. The fourth-order valence-electron chi connectivity index (χ4n) is 3.16. The molecule has 1 saturated carbocycles. The van der Waals surface area contributed by atoms with Crippen LogP contribution in [-0.4, -0.2) is 53.3 Å². The van der Waals surface area contributed by atoms with Gasteiger partial charge in [-0.1, -0.05) is 12.8 Å². The smallest absolute Gasteiger partial charge is 0.317 e. The highest BCUT2D eigenvalue weighted by molar-refractivity contribution is 5.75. The highest BCUT2D eigenvalue weighted by Gasteiger charge is 2.32. The predicted molar refractivity (Wildman–Crippen MR) is 78.2 cm³/mol. The number of carbonyl (C=O) groups is 2. The summed E-state index contributed by atoms with van der Waals surface area (Å²) in [4.78, 5) is 24.5. The molecule has 0 aromatic heterocycles.